The van der Waals surface area contributed by atoms with Crippen LogP contribution in [-0.4, -0.2) is 21.7 Å². The van der Waals surface area contributed by atoms with Crippen LogP contribution in [0.25, 0.3) is 11.3 Å². The molecule has 1 atom stereocenters. The summed E-state index contributed by atoms with van der Waals surface area (Å²) in [5.41, 5.74) is 3.07. The molecule has 0 bridgehead atoms. The van der Waals surface area contributed by atoms with Gasteiger partial charge in [-0.2, -0.15) is 0 Å². The predicted octanol–water partition coefficient (Wildman–Crippen LogP) is 3.33. The van der Waals surface area contributed by atoms with E-state index in [0.717, 1.165) is 21.8 Å². The Morgan fingerprint density at radius 1 is 1.05 bits per heavy atom. The lowest BCUT2D eigenvalue weighted by Gasteiger charge is -2.11. The monoisotopic (exact) mass is 282 g/mol. The smallest absolute Gasteiger partial charge is 0.103 e. The molecule has 2 aromatic heterocycles. The molecule has 3 aromatic rings. The first-order valence-electron chi connectivity index (χ1n) is 6.40. The van der Waals surface area contributed by atoms with E-state index in [1.165, 1.54) is 0 Å². The Morgan fingerprint density at radius 2 is 1.80 bits per heavy atom. The Labute approximate surface area is 121 Å². The second-order valence-electron chi connectivity index (χ2n) is 4.45. The Hall–Kier alpha value is -2.04. The van der Waals surface area contributed by atoms with Gasteiger partial charge in [-0.05, 0) is 17.7 Å². The zero-order valence-corrected chi connectivity index (χ0v) is 11.6. The van der Waals surface area contributed by atoms with Gasteiger partial charge in [-0.1, -0.05) is 30.3 Å². The number of rotatable bonds is 4. The van der Waals surface area contributed by atoms with Crippen LogP contribution in [0.1, 0.15) is 16.5 Å². The van der Waals surface area contributed by atoms with Crippen LogP contribution in [0.2, 0.25) is 0 Å². The topological polar surface area (TPSA) is 46.0 Å². The SMILES string of the molecule is OCC(c1ccccc1)c1nc(-c2ccncc2)cs1. The van der Waals surface area contributed by atoms with Crippen LogP contribution in [0.4, 0.5) is 0 Å². The summed E-state index contributed by atoms with van der Waals surface area (Å²) in [4.78, 5) is 8.67. The van der Waals surface area contributed by atoms with Crippen molar-refractivity contribution in [1.82, 2.24) is 9.97 Å². The fraction of sp³-hybridized carbons (Fsp3) is 0.125. The number of aromatic nitrogens is 2. The zero-order valence-electron chi connectivity index (χ0n) is 10.8. The molecular weight excluding hydrogens is 268 g/mol. The van der Waals surface area contributed by atoms with Gasteiger partial charge < -0.3 is 5.11 Å². The summed E-state index contributed by atoms with van der Waals surface area (Å²) in [5.74, 6) is -0.0585. The standard InChI is InChI=1S/C16H14N2OS/c19-10-14(12-4-2-1-3-5-12)16-18-15(11-20-16)13-6-8-17-9-7-13/h1-9,11,14,19H,10H2. The van der Waals surface area contributed by atoms with Crippen LogP contribution in [0.5, 0.6) is 0 Å². The van der Waals surface area contributed by atoms with Gasteiger partial charge in [-0.15, -0.1) is 11.3 Å². The lowest BCUT2D eigenvalue weighted by Crippen LogP contribution is -2.05. The van der Waals surface area contributed by atoms with Crippen molar-refractivity contribution in [1.29, 1.82) is 0 Å². The molecule has 3 nitrogen and oxygen atoms in total. The predicted molar refractivity (Wildman–Crippen MR) is 80.7 cm³/mol. The Bertz CT molecular complexity index is 667. The van der Waals surface area contributed by atoms with E-state index < -0.39 is 0 Å². The molecule has 0 aliphatic rings. The minimum atomic E-state index is -0.0585. The highest BCUT2D eigenvalue weighted by atomic mass is 32.1. The maximum atomic E-state index is 9.67. The number of thiazole rings is 1. The number of pyridine rings is 1. The van der Waals surface area contributed by atoms with Gasteiger partial charge in [-0.3, -0.25) is 4.98 Å². The molecule has 20 heavy (non-hydrogen) atoms. The third-order valence-corrected chi connectivity index (χ3v) is 4.14. The van der Waals surface area contributed by atoms with Crippen molar-refractivity contribution < 1.29 is 5.11 Å². The summed E-state index contributed by atoms with van der Waals surface area (Å²) < 4.78 is 0. The van der Waals surface area contributed by atoms with Gasteiger partial charge in [0.15, 0.2) is 0 Å². The van der Waals surface area contributed by atoms with E-state index in [-0.39, 0.29) is 12.5 Å². The third-order valence-electron chi connectivity index (χ3n) is 3.18. The molecule has 0 radical (unpaired) electrons. The maximum Gasteiger partial charge on any atom is 0.103 e. The highest BCUT2D eigenvalue weighted by molar-refractivity contribution is 7.10. The van der Waals surface area contributed by atoms with Crippen LogP contribution in [0, 0.1) is 0 Å². The van der Waals surface area contributed by atoms with Gasteiger partial charge in [0.2, 0.25) is 0 Å². The van der Waals surface area contributed by atoms with Crippen LogP contribution < -0.4 is 0 Å². The number of nitrogens with zero attached hydrogens (tertiary/aromatic N) is 2. The van der Waals surface area contributed by atoms with Gasteiger partial charge in [-0.25, -0.2) is 4.98 Å². The lowest BCUT2D eigenvalue weighted by atomic mass is 10.0. The molecule has 1 N–H and O–H groups in total. The van der Waals surface area contributed by atoms with Gasteiger partial charge in [0, 0.05) is 23.3 Å². The Balaban J connectivity index is 1.93. The van der Waals surface area contributed by atoms with Gasteiger partial charge in [0.1, 0.15) is 5.01 Å². The number of hydrogen-bond acceptors (Lipinski definition) is 4. The molecule has 0 saturated carbocycles. The van der Waals surface area contributed by atoms with E-state index >= 15 is 0 Å². The fourth-order valence-electron chi connectivity index (χ4n) is 2.11. The summed E-state index contributed by atoms with van der Waals surface area (Å²) >= 11 is 1.58. The molecule has 1 aromatic carbocycles. The van der Waals surface area contributed by atoms with E-state index in [9.17, 15) is 5.11 Å². The molecular formula is C16H14N2OS. The molecule has 0 saturated heterocycles. The quantitative estimate of drug-likeness (QED) is 0.798. The minimum Gasteiger partial charge on any atom is -0.395 e. The van der Waals surface area contributed by atoms with Gasteiger partial charge >= 0.3 is 0 Å². The van der Waals surface area contributed by atoms with Crippen molar-refractivity contribution in [2.45, 2.75) is 5.92 Å². The number of hydrogen-bond donors (Lipinski definition) is 1. The number of aliphatic hydroxyl groups is 1. The number of aliphatic hydroxyl groups excluding tert-OH is 1. The van der Waals surface area contributed by atoms with E-state index in [0.29, 0.717) is 0 Å². The van der Waals surface area contributed by atoms with Crippen molar-refractivity contribution in [3.05, 3.63) is 70.8 Å². The van der Waals surface area contributed by atoms with Crippen LogP contribution in [0.15, 0.2) is 60.2 Å². The maximum absolute atomic E-state index is 9.67. The average Bonchev–Trinajstić information content (AvgIpc) is 3.00. The molecule has 2 heterocycles. The van der Waals surface area contributed by atoms with E-state index in [1.807, 2.05) is 47.8 Å². The largest absolute Gasteiger partial charge is 0.395 e. The summed E-state index contributed by atoms with van der Waals surface area (Å²) in [6.07, 6.45) is 3.52. The first-order valence-corrected chi connectivity index (χ1v) is 7.28. The molecule has 0 amide bonds. The van der Waals surface area contributed by atoms with E-state index in [1.54, 1.807) is 23.7 Å². The van der Waals surface area contributed by atoms with E-state index in [4.69, 9.17) is 0 Å². The van der Waals surface area contributed by atoms with E-state index in [2.05, 4.69) is 9.97 Å². The average molecular weight is 282 g/mol. The minimum absolute atomic E-state index is 0.0585. The second-order valence-corrected chi connectivity index (χ2v) is 5.34. The molecule has 3 rings (SSSR count). The normalized spacial score (nSPS) is 12.2. The first-order chi connectivity index (χ1) is 9.88. The molecule has 0 fully saturated rings. The van der Waals surface area contributed by atoms with Crippen molar-refractivity contribution in [2.75, 3.05) is 6.61 Å². The molecule has 0 spiro atoms. The summed E-state index contributed by atoms with van der Waals surface area (Å²) in [6, 6.07) is 13.9. The molecule has 100 valence electrons. The van der Waals surface area contributed by atoms with Crippen molar-refractivity contribution in [2.24, 2.45) is 0 Å². The Morgan fingerprint density at radius 3 is 2.50 bits per heavy atom. The summed E-state index contributed by atoms with van der Waals surface area (Å²) in [5, 5.41) is 12.6. The third kappa shape index (κ3) is 2.61. The highest BCUT2D eigenvalue weighted by Crippen LogP contribution is 2.30. The van der Waals surface area contributed by atoms with Gasteiger partial charge in [0.25, 0.3) is 0 Å². The molecule has 1 unspecified atom stereocenters. The van der Waals surface area contributed by atoms with Gasteiger partial charge in [0.05, 0.1) is 18.2 Å². The molecule has 4 heteroatoms. The molecule has 0 aliphatic carbocycles. The first kappa shape index (κ1) is 13.0. The fourth-order valence-corrected chi connectivity index (χ4v) is 3.06. The molecule has 0 aliphatic heterocycles. The van der Waals surface area contributed by atoms with Crippen LogP contribution in [-0.2, 0) is 0 Å². The van der Waals surface area contributed by atoms with Crippen LogP contribution >= 0.6 is 11.3 Å². The van der Waals surface area contributed by atoms with Crippen LogP contribution in [0.3, 0.4) is 0 Å². The summed E-state index contributed by atoms with van der Waals surface area (Å²) in [7, 11) is 0. The summed E-state index contributed by atoms with van der Waals surface area (Å²) in [6.45, 7) is 0.0628. The lowest BCUT2D eigenvalue weighted by molar-refractivity contribution is 0.280. The van der Waals surface area contributed by atoms with Crippen molar-refractivity contribution in [3.63, 3.8) is 0 Å². The second kappa shape index (κ2) is 5.94. The van der Waals surface area contributed by atoms with Crippen molar-refractivity contribution >= 4 is 11.3 Å². The highest BCUT2D eigenvalue weighted by Gasteiger charge is 2.17. The van der Waals surface area contributed by atoms with Crippen molar-refractivity contribution in [3.8, 4) is 11.3 Å². The zero-order chi connectivity index (χ0) is 13.8. The number of benzene rings is 1. The Kier molecular flexibility index (Phi) is 3.85.